The molecule has 0 heterocycles. The smallest absolute Gasteiger partial charge is 0.262 e. The summed E-state index contributed by atoms with van der Waals surface area (Å²) in [6.07, 6.45) is 0. The zero-order valence-corrected chi connectivity index (χ0v) is 11.7. The topological polar surface area (TPSA) is 96.0 Å². The van der Waals surface area contributed by atoms with Crippen LogP contribution < -0.4 is 10.5 Å². The van der Waals surface area contributed by atoms with E-state index in [2.05, 4.69) is 4.72 Å². The van der Waals surface area contributed by atoms with Crippen LogP contribution in [0.1, 0.15) is 5.56 Å². The van der Waals surface area contributed by atoms with Crippen molar-refractivity contribution in [2.24, 2.45) is 0 Å². The third-order valence-corrected chi connectivity index (χ3v) is 4.26. The van der Waals surface area contributed by atoms with Crippen LogP contribution in [0.2, 0.25) is 5.02 Å². The molecule has 0 aliphatic carbocycles. The van der Waals surface area contributed by atoms with Crippen molar-refractivity contribution in [1.82, 2.24) is 0 Å². The molecule has 0 radical (unpaired) electrons. The lowest BCUT2D eigenvalue weighted by Gasteiger charge is -2.11. The highest BCUT2D eigenvalue weighted by Gasteiger charge is 2.17. The van der Waals surface area contributed by atoms with Crippen LogP contribution in [0.5, 0.6) is 0 Å². The molecule has 0 fully saturated rings. The van der Waals surface area contributed by atoms with Crippen LogP contribution in [-0.4, -0.2) is 8.42 Å². The molecule has 2 rings (SSSR count). The van der Waals surface area contributed by atoms with E-state index in [-0.39, 0.29) is 21.3 Å². The Labute approximate surface area is 121 Å². The summed E-state index contributed by atoms with van der Waals surface area (Å²) < 4.78 is 26.7. The van der Waals surface area contributed by atoms with Gasteiger partial charge in [0.05, 0.1) is 32.9 Å². The Balaban J connectivity index is 2.38. The lowest BCUT2D eigenvalue weighted by Crippen LogP contribution is -2.14. The van der Waals surface area contributed by atoms with Crippen LogP contribution in [0, 0.1) is 11.3 Å². The minimum Gasteiger partial charge on any atom is -0.397 e. The molecule has 0 atom stereocenters. The van der Waals surface area contributed by atoms with E-state index >= 15 is 0 Å². The summed E-state index contributed by atoms with van der Waals surface area (Å²) in [5.41, 5.74) is 6.44. The van der Waals surface area contributed by atoms with Gasteiger partial charge < -0.3 is 5.73 Å². The van der Waals surface area contributed by atoms with E-state index in [1.165, 1.54) is 30.3 Å². The number of sulfonamides is 1. The number of halogens is 1. The number of nitriles is 1. The summed E-state index contributed by atoms with van der Waals surface area (Å²) >= 11 is 5.92. The molecule has 3 N–H and O–H groups in total. The molecule has 0 saturated carbocycles. The largest absolute Gasteiger partial charge is 0.397 e. The first-order valence-electron chi connectivity index (χ1n) is 5.51. The Morgan fingerprint density at radius 3 is 2.35 bits per heavy atom. The average molecular weight is 308 g/mol. The van der Waals surface area contributed by atoms with Crippen molar-refractivity contribution in [1.29, 1.82) is 5.26 Å². The van der Waals surface area contributed by atoms with Gasteiger partial charge in [-0.05, 0) is 36.4 Å². The molecule has 5 nitrogen and oxygen atoms in total. The van der Waals surface area contributed by atoms with Gasteiger partial charge in [-0.3, -0.25) is 4.72 Å². The van der Waals surface area contributed by atoms with E-state index < -0.39 is 10.0 Å². The molecule has 0 amide bonds. The first-order valence-corrected chi connectivity index (χ1v) is 7.37. The molecule has 0 saturated heterocycles. The Bertz CT molecular complexity index is 760. The monoisotopic (exact) mass is 307 g/mol. The van der Waals surface area contributed by atoms with Crippen LogP contribution in [0.3, 0.4) is 0 Å². The van der Waals surface area contributed by atoms with Crippen molar-refractivity contribution < 1.29 is 8.42 Å². The number of hydrogen-bond acceptors (Lipinski definition) is 4. The zero-order valence-electron chi connectivity index (χ0n) is 10.2. The first-order chi connectivity index (χ1) is 9.44. The van der Waals surface area contributed by atoms with Crippen LogP contribution in [0.15, 0.2) is 47.4 Å². The van der Waals surface area contributed by atoms with Gasteiger partial charge in [0, 0.05) is 0 Å². The first kappa shape index (κ1) is 14.2. The fraction of sp³-hybridized carbons (Fsp3) is 0. The Morgan fingerprint density at radius 1 is 1.15 bits per heavy atom. The number of rotatable bonds is 3. The summed E-state index contributed by atoms with van der Waals surface area (Å²) in [5, 5.41) is 8.90. The van der Waals surface area contributed by atoms with Crippen LogP contribution >= 0.6 is 11.6 Å². The van der Waals surface area contributed by atoms with Crippen molar-refractivity contribution in [3.8, 4) is 6.07 Å². The van der Waals surface area contributed by atoms with Crippen LogP contribution in [-0.2, 0) is 10.0 Å². The maximum atomic E-state index is 12.2. The Kier molecular flexibility index (Phi) is 3.84. The maximum absolute atomic E-state index is 12.2. The van der Waals surface area contributed by atoms with Gasteiger partial charge in [0.15, 0.2) is 0 Å². The molecular weight excluding hydrogens is 298 g/mol. The number of nitrogen functional groups attached to an aromatic ring is 1. The van der Waals surface area contributed by atoms with Crippen LogP contribution in [0.25, 0.3) is 0 Å². The summed E-state index contributed by atoms with van der Waals surface area (Å²) in [5.74, 6) is 0. The SMILES string of the molecule is N#Cc1ccc(S(=O)(=O)Nc2c(N)cccc2Cl)cc1. The van der Waals surface area contributed by atoms with E-state index in [9.17, 15) is 8.42 Å². The number of benzene rings is 2. The number of nitrogens with zero attached hydrogens (tertiary/aromatic N) is 1. The van der Waals surface area contributed by atoms with Crippen molar-refractivity contribution in [3.05, 3.63) is 53.1 Å². The quantitative estimate of drug-likeness (QED) is 0.852. The lowest BCUT2D eigenvalue weighted by atomic mass is 10.2. The normalized spacial score (nSPS) is 10.8. The van der Waals surface area contributed by atoms with Gasteiger partial charge in [-0.2, -0.15) is 5.26 Å². The number of para-hydroxylation sites is 1. The van der Waals surface area contributed by atoms with Gasteiger partial charge in [-0.25, -0.2) is 8.42 Å². The molecule has 0 aliphatic heterocycles. The molecular formula is C13H10ClN3O2S. The number of hydrogen-bond donors (Lipinski definition) is 2. The third kappa shape index (κ3) is 2.85. The van der Waals surface area contributed by atoms with Gasteiger partial charge in [-0.1, -0.05) is 17.7 Å². The minimum atomic E-state index is -3.81. The van der Waals surface area contributed by atoms with E-state index in [0.29, 0.717) is 5.56 Å². The number of nitrogens with one attached hydrogen (secondary N) is 1. The van der Waals surface area contributed by atoms with Gasteiger partial charge >= 0.3 is 0 Å². The van der Waals surface area contributed by atoms with Crippen LogP contribution in [0.4, 0.5) is 11.4 Å². The second-order valence-corrected chi connectivity index (χ2v) is 6.04. The highest BCUT2D eigenvalue weighted by Crippen LogP contribution is 2.30. The molecule has 0 bridgehead atoms. The highest BCUT2D eigenvalue weighted by atomic mass is 35.5. The third-order valence-electron chi connectivity index (χ3n) is 2.58. The molecule has 7 heteroatoms. The van der Waals surface area contributed by atoms with Gasteiger partial charge in [0.2, 0.25) is 0 Å². The standard InChI is InChI=1S/C13H10ClN3O2S/c14-11-2-1-3-12(16)13(11)17-20(18,19)10-6-4-9(8-15)5-7-10/h1-7,17H,16H2. The minimum absolute atomic E-state index is 0.0239. The summed E-state index contributed by atoms with van der Waals surface area (Å²) in [4.78, 5) is 0.0239. The Hall–Kier alpha value is -2.23. The number of nitrogens with two attached hydrogens (primary N) is 1. The zero-order chi connectivity index (χ0) is 14.8. The lowest BCUT2D eigenvalue weighted by molar-refractivity contribution is 0.601. The molecule has 0 aromatic heterocycles. The Morgan fingerprint density at radius 2 is 1.80 bits per heavy atom. The molecule has 0 spiro atoms. The van der Waals surface area contributed by atoms with E-state index in [1.807, 2.05) is 6.07 Å². The summed E-state index contributed by atoms with van der Waals surface area (Å²) in [6.45, 7) is 0. The molecule has 2 aromatic carbocycles. The molecule has 102 valence electrons. The molecule has 0 unspecified atom stereocenters. The summed E-state index contributed by atoms with van der Waals surface area (Å²) in [6, 6.07) is 12.1. The van der Waals surface area contributed by atoms with Crippen molar-refractivity contribution in [2.45, 2.75) is 4.90 Å². The van der Waals surface area contributed by atoms with E-state index in [0.717, 1.165) is 0 Å². The second-order valence-electron chi connectivity index (χ2n) is 3.95. The summed E-state index contributed by atoms with van der Waals surface area (Å²) in [7, 11) is -3.81. The van der Waals surface area contributed by atoms with E-state index in [1.54, 1.807) is 12.1 Å². The molecule has 2 aromatic rings. The predicted octanol–water partition coefficient (Wildman–Crippen LogP) is 2.59. The van der Waals surface area contributed by atoms with Gasteiger partial charge in [-0.15, -0.1) is 0 Å². The van der Waals surface area contributed by atoms with Crippen molar-refractivity contribution >= 4 is 33.0 Å². The molecule has 0 aliphatic rings. The van der Waals surface area contributed by atoms with Gasteiger partial charge in [0.25, 0.3) is 10.0 Å². The second kappa shape index (κ2) is 5.41. The number of anilines is 2. The fourth-order valence-corrected chi connectivity index (χ4v) is 2.94. The average Bonchev–Trinajstić information content (AvgIpc) is 2.43. The molecule has 20 heavy (non-hydrogen) atoms. The predicted molar refractivity (Wildman–Crippen MR) is 77.8 cm³/mol. The van der Waals surface area contributed by atoms with Crippen molar-refractivity contribution in [2.75, 3.05) is 10.5 Å². The fourth-order valence-electron chi connectivity index (χ4n) is 1.55. The van der Waals surface area contributed by atoms with Gasteiger partial charge in [0.1, 0.15) is 0 Å². The maximum Gasteiger partial charge on any atom is 0.262 e. The van der Waals surface area contributed by atoms with Crippen molar-refractivity contribution in [3.63, 3.8) is 0 Å². The van der Waals surface area contributed by atoms with E-state index in [4.69, 9.17) is 22.6 Å². The highest BCUT2D eigenvalue weighted by molar-refractivity contribution is 7.92.